The zero-order valence-corrected chi connectivity index (χ0v) is 23.6. The van der Waals surface area contributed by atoms with Gasteiger partial charge in [-0.2, -0.15) is 5.10 Å². The van der Waals surface area contributed by atoms with Crippen molar-refractivity contribution in [3.05, 3.63) is 64.7 Å². The molecule has 0 aromatic heterocycles. The molecule has 0 saturated heterocycles. The van der Waals surface area contributed by atoms with E-state index in [1.807, 2.05) is 48.5 Å². The minimum atomic E-state index is -0.0268. The van der Waals surface area contributed by atoms with Gasteiger partial charge in [-0.05, 0) is 41.8 Å². The van der Waals surface area contributed by atoms with Crippen LogP contribution in [0.5, 0.6) is 5.75 Å². The third-order valence-corrected chi connectivity index (χ3v) is 6.84. The zero-order valence-electron chi connectivity index (χ0n) is 22.9. The number of benzene rings is 2. The highest BCUT2D eigenvalue weighted by Gasteiger charge is 2.01. The Morgan fingerprint density at radius 3 is 1.97 bits per heavy atom. The molecule has 0 bridgehead atoms. The van der Waals surface area contributed by atoms with Crippen LogP contribution in [0.3, 0.4) is 0 Å². The zero-order chi connectivity index (χ0) is 26.4. The topological polar surface area (TPSA) is 50.7 Å². The Morgan fingerprint density at radius 1 is 0.811 bits per heavy atom. The lowest BCUT2D eigenvalue weighted by Crippen LogP contribution is -2.16. The third kappa shape index (κ3) is 16.2. The molecule has 4 nitrogen and oxygen atoms in total. The first-order valence-electron chi connectivity index (χ1n) is 14.5. The molecule has 1 amide bonds. The van der Waals surface area contributed by atoms with Crippen LogP contribution in [-0.4, -0.2) is 12.1 Å². The number of carbonyl (C=O) groups is 1. The Morgan fingerprint density at radius 2 is 1.38 bits per heavy atom. The van der Waals surface area contributed by atoms with Crippen molar-refractivity contribution in [2.45, 2.75) is 116 Å². The molecule has 204 valence electrons. The van der Waals surface area contributed by atoms with Gasteiger partial charge in [0.15, 0.2) is 0 Å². The normalized spacial score (nSPS) is 11.2. The maximum absolute atomic E-state index is 12.1. The Balaban J connectivity index is 1.45. The first kappa shape index (κ1) is 30.9. The number of hydrogen-bond acceptors (Lipinski definition) is 3. The Kier molecular flexibility index (Phi) is 17.3. The maximum Gasteiger partial charge on any atom is 0.240 e. The van der Waals surface area contributed by atoms with Gasteiger partial charge in [0.1, 0.15) is 12.4 Å². The predicted octanol–water partition coefficient (Wildman–Crippen LogP) is 9.63. The third-order valence-electron chi connectivity index (χ3n) is 6.59. The fourth-order valence-corrected chi connectivity index (χ4v) is 4.45. The molecule has 0 heterocycles. The van der Waals surface area contributed by atoms with E-state index in [2.05, 4.69) is 17.5 Å². The van der Waals surface area contributed by atoms with E-state index in [-0.39, 0.29) is 5.91 Å². The van der Waals surface area contributed by atoms with Crippen LogP contribution >= 0.6 is 11.6 Å². The SMILES string of the molecule is CCCCCCCCCCCCCCCCCC(=O)NN=Cc1cccc(OCc2ccc(Cl)cc2)c1. The smallest absolute Gasteiger partial charge is 0.240 e. The molecule has 5 heteroatoms. The summed E-state index contributed by atoms with van der Waals surface area (Å²) >= 11 is 5.92. The van der Waals surface area contributed by atoms with E-state index >= 15 is 0 Å². The number of unbranched alkanes of at least 4 members (excludes halogenated alkanes) is 14. The van der Waals surface area contributed by atoms with Gasteiger partial charge in [-0.1, -0.05) is 133 Å². The van der Waals surface area contributed by atoms with Gasteiger partial charge in [0.2, 0.25) is 5.91 Å². The van der Waals surface area contributed by atoms with Crippen molar-refractivity contribution in [1.29, 1.82) is 0 Å². The molecule has 0 aliphatic rings. The molecule has 1 N–H and O–H groups in total. The van der Waals surface area contributed by atoms with Gasteiger partial charge in [-0.15, -0.1) is 0 Å². The number of nitrogens with one attached hydrogen (secondary N) is 1. The summed E-state index contributed by atoms with van der Waals surface area (Å²) in [6.45, 7) is 2.74. The molecule has 0 aliphatic carbocycles. The second kappa shape index (κ2) is 20.7. The number of hydrogen-bond donors (Lipinski definition) is 1. The number of amides is 1. The first-order valence-corrected chi connectivity index (χ1v) is 14.8. The number of hydrazone groups is 1. The minimum Gasteiger partial charge on any atom is -0.489 e. The highest BCUT2D eigenvalue weighted by atomic mass is 35.5. The average Bonchev–Trinajstić information content (AvgIpc) is 2.91. The van der Waals surface area contributed by atoms with Crippen LogP contribution in [0.25, 0.3) is 0 Å². The van der Waals surface area contributed by atoms with E-state index in [0.29, 0.717) is 18.1 Å². The summed E-state index contributed by atoms with van der Waals surface area (Å²) in [7, 11) is 0. The van der Waals surface area contributed by atoms with E-state index in [1.54, 1.807) is 6.21 Å². The van der Waals surface area contributed by atoms with Gasteiger partial charge in [0, 0.05) is 11.4 Å². The Labute approximate surface area is 230 Å². The molecule has 0 aliphatic heterocycles. The molecule has 0 atom stereocenters. The summed E-state index contributed by atoms with van der Waals surface area (Å²) in [6, 6.07) is 15.2. The van der Waals surface area contributed by atoms with Crippen molar-refractivity contribution in [3.63, 3.8) is 0 Å². The van der Waals surface area contributed by atoms with Crippen molar-refractivity contribution in [1.82, 2.24) is 5.43 Å². The van der Waals surface area contributed by atoms with Gasteiger partial charge >= 0.3 is 0 Å². The fourth-order valence-electron chi connectivity index (χ4n) is 4.32. The lowest BCUT2D eigenvalue weighted by atomic mass is 10.0. The largest absolute Gasteiger partial charge is 0.489 e. The van der Waals surface area contributed by atoms with Crippen molar-refractivity contribution < 1.29 is 9.53 Å². The van der Waals surface area contributed by atoms with Crippen molar-refractivity contribution >= 4 is 23.7 Å². The van der Waals surface area contributed by atoms with Crippen LogP contribution < -0.4 is 10.2 Å². The van der Waals surface area contributed by atoms with E-state index < -0.39 is 0 Å². The molecule has 37 heavy (non-hydrogen) atoms. The second-order valence-corrected chi connectivity index (χ2v) is 10.4. The number of nitrogens with zero attached hydrogens (tertiary/aromatic N) is 1. The van der Waals surface area contributed by atoms with E-state index in [9.17, 15) is 4.79 Å². The van der Waals surface area contributed by atoms with Gasteiger partial charge < -0.3 is 4.74 Å². The molecule has 2 aromatic rings. The number of halogens is 1. The standard InChI is InChI=1S/C32H47ClN2O2/c1-2-3-4-5-6-7-8-9-10-11-12-13-14-15-16-20-32(36)35-34-26-29-18-17-19-31(25-29)37-27-28-21-23-30(33)24-22-28/h17-19,21-26H,2-16,20,27H2,1H3,(H,35,36). The van der Waals surface area contributed by atoms with Gasteiger partial charge in [0.25, 0.3) is 0 Å². The molecule has 0 unspecified atom stereocenters. The molecule has 2 rings (SSSR count). The highest BCUT2D eigenvalue weighted by molar-refractivity contribution is 6.30. The van der Waals surface area contributed by atoms with Crippen LogP contribution in [0.15, 0.2) is 53.6 Å². The summed E-state index contributed by atoms with van der Waals surface area (Å²) in [5.41, 5.74) is 4.57. The lowest BCUT2D eigenvalue weighted by molar-refractivity contribution is -0.121. The van der Waals surface area contributed by atoms with E-state index in [1.165, 1.54) is 83.5 Å². The fraction of sp³-hybridized carbons (Fsp3) is 0.562. The Bertz CT molecular complexity index is 883. The summed E-state index contributed by atoms with van der Waals surface area (Å²) in [5, 5.41) is 4.82. The average molecular weight is 527 g/mol. The minimum absolute atomic E-state index is 0.0268. The first-order chi connectivity index (χ1) is 18.2. The molecule has 2 aromatic carbocycles. The molecular weight excluding hydrogens is 480 g/mol. The summed E-state index contributed by atoms with van der Waals surface area (Å²) in [6.07, 6.45) is 22.0. The van der Waals surface area contributed by atoms with Crippen molar-refractivity contribution in [2.24, 2.45) is 5.10 Å². The van der Waals surface area contributed by atoms with Crippen molar-refractivity contribution in [3.8, 4) is 5.75 Å². The second-order valence-electron chi connectivity index (χ2n) is 9.98. The summed E-state index contributed by atoms with van der Waals surface area (Å²) < 4.78 is 5.85. The summed E-state index contributed by atoms with van der Waals surface area (Å²) in [4.78, 5) is 12.1. The van der Waals surface area contributed by atoms with E-state index in [4.69, 9.17) is 16.3 Å². The van der Waals surface area contributed by atoms with Crippen LogP contribution in [-0.2, 0) is 11.4 Å². The highest BCUT2D eigenvalue weighted by Crippen LogP contribution is 2.16. The van der Waals surface area contributed by atoms with Crippen molar-refractivity contribution in [2.75, 3.05) is 0 Å². The van der Waals surface area contributed by atoms with Gasteiger partial charge in [-0.3, -0.25) is 4.79 Å². The van der Waals surface area contributed by atoms with Crippen LogP contribution in [0.4, 0.5) is 0 Å². The molecule has 0 saturated carbocycles. The Hall–Kier alpha value is -2.33. The molecular formula is C32H47ClN2O2. The van der Waals surface area contributed by atoms with E-state index in [0.717, 1.165) is 29.7 Å². The maximum atomic E-state index is 12.1. The molecule has 0 radical (unpaired) electrons. The number of ether oxygens (including phenoxy) is 1. The molecule has 0 spiro atoms. The molecule has 0 fully saturated rings. The number of rotatable bonds is 21. The van der Waals surface area contributed by atoms with Gasteiger partial charge in [0.05, 0.1) is 6.21 Å². The monoisotopic (exact) mass is 526 g/mol. The van der Waals surface area contributed by atoms with Crippen LogP contribution in [0.1, 0.15) is 121 Å². The van der Waals surface area contributed by atoms with Crippen LogP contribution in [0.2, 0.25) is 5.02 Å². The predicted molar refractivity (Wildman–Crippen MR) is 158 cm³/mol. The van der Waals surface area contributed by atoms with Gasteiger partial charge in [-0.25, -0.2) is 5.43 Å². The summed E-state index contributed by atoms with van der Waals surface area (Å²) in [5.74, 6) is 0.726. The quantitative estimate of drug-likeness (QED) is 0.0999. The lowest BCUT2D eigenvalue weighted by Gasteiger charge is -2.07. The van der Waals surface area contributed by atoms with Crippen LogP contribution in [0, 0.1) is 0 Å². The number of carbonyl (C=O) groups excluding carboxylic acids is 1.